The van der Waals surface area contributed by atoms with Crippen LogP contribution in [0.1, 0.15) is 18.1 Å². The molecule has 0 aromatic heterocycles. The molecule has 0 bridgehead atoms. The number of benzene rings is 3. The van der Waals surface area contributed by atoms with Crippen LogP contribution in [0.15, 0.2) is 90.5 Å². The molecule has 0 aliphatic carbocycles. The smallest absolute Gasteiger partial charge is 0.429 e. The molecule has 10 heteroatoms. The second kappa shape index (κ2) is 10.8. The quantitative estimate of drug-likeness (QED) is 0.164. The molecule has 0 atom stereocenters. The van der Waals surface area contributed by atoms with E-state index in [0.29, 0.717) is 36.3 Å². The van der Waals surface area contributed by atoms with Crippen molar-refractivity contribution in [1.82, 2.24) is 0 Å². The van der Waals surface area contributed by atoms with Gasteiger partial charge in [-0.15, -0.1) is 0 Å². The van der Waals surface area contributed by atoms with E-state index in [4.69, 9.17) is 0 Å². The largest absolute Gasteiger partial charge is 0.432 e. The lowest BCUT2D eigenvalue weighted by molar-refractivity contribution is -0.224. The summed E-state index contributed by atoms with van der Waals surface area (Å²) in [6, 6.07) is 11.8. The molecule has 0 amide bonds. The fourth-order valence-corrected chi connectivity index (χ4v) is 3.38. The molecule has 0 radical (unpaired) electrons. The molecule has 0 saturated heterocycles. The number of halogens is 9. The first kappa shape index (κ1) is 28.6. The van der Waals surface area contributed by atoms with Crippen molar-refractivity contribution in [2.24, 2.45) is 0 Å². The summed E-state index contributed by atoms with van der Waals surface area (Å²) < 4.78 is 129. The van der Waals surface area contributed by atoms with Crippen LogP contribution in [0.3, 0.4) is 0 Å². The average Bonchev–Trinajstić information content (AvgIpc) is 2.82. The van der Waals surface area contributed by atoms with E-state index in [-0.39, 0.29) is 11.6 Å². The van der Waals surface area contributed by atoms with E-state index in [2.05, 4.69) is 11.3 Å². The first-order valence-electron chi connectivity index (χ1n) is 10.8. The van der Waals surface area contributed by atoms with Crippen molar-refractivity contribution in [1.29, 1.82) is 0 Å². The number of ether oxygens (including phenoxy) is 1. The topological polar surface area (TPSA) is 9.23 Å². The number of hydrogen-bond donors (Lipinski definition) is 0. The van der Waals surface area contributed by atoms with Gasteiger partial charge in [-0.3, -0.25) is 0 Å². The van der Waals surface area contributed by atoms with Gasteiger partial charge < -0.3 is 4.74 Å². The number of hydrogen-bond acceptors (Lipinski definition) is 1. The molecule has 3 aromatic carbocycles. The molecule has 0 aliphatic heterocycles. The third-order valence-corrected chi connectivity index (χ3v) is 5.50. The highest BCUT2D eigenvalue weighted by molar-refractivity contribution is 5.71. The minimum absolute atomic E-state index is 0.0428. The summed E-state index contributed by atoms with van der Waals surface area (Å²) in [5.74, 6) is -7.74. The zero-order valence-corrected chi connectivity index (χ0v) is 19.9. The summed E-state index contributed by atoms with van der Waals surface area (Å²) >= 11 is 0. The molecule has 0 spiro atoms. The van der Waals surface area contributed by atoms with Crippen LogP contribution in [-0.2, 0) is 10.8 Å². The van der Waals surface area contributed by atoms with E-state index < -0.39 is 58.0 Å². The number of rotatable bonds is 7. The maximum Gasteiger partial charge on any atom is 0.432 e. The van der Waals surface area contributed by atoms with Crippen LogP contribution in [0, 0.1) is 24.4 Å². The van der Waals surface area contributed by atoms with Gasteiger partial charge in [-0.05, 0) is 54.8 Å². The Morgan fingerprint density at radius 3 is 1.82 bits per heavy atom. The van der Waals surface area contributed by atoms with Crippen LogP contribution in [0.2, 0.25) is 0 Å². The zero-order chi connectivity index (χ0) is 28.4. The van der Waals surface area contributed by atoms with Crippen molar-refractivity contribution >= 4 is 0 Å². The molecule has 3 aromatic rings. The van der Waals surface area contributed by atoms with Gasteiger partial charge in [0.05, 0.1) is 5.57 Å². The van der Waals surface area contributed by atoms with Crippen molar-refractivity contribution in [2.75, 3.05) is 0 Å². The molecule has 0 fully saturated rings. The molecule has 0 aliphatic rings. The zero-order valence-electron chi connectivity index (χ0n) is 19.9. The van der Waals surface area contributed by atoms with E-state index in [1.165, 1.54) is 12.1 Å². The monoisotopic (exact) mass is 542 g/mol. The molecular weight excluding hydrogens is 523 g/mol. The molecular formula is C28H19F9O. The highest BCUT2D eigenvalue weighted by atomic mass is 19.4. The van der Waals surface area contributed by atoms with Gasteiger partial charge in [-0.1, -0.05) is 48.5 Å². The van der Waals surface area contributed by atoms with Gasteiger partial charge >= 0.3 is 12.3 Å². The molecule has 200 valence electrons. The third kappa shape index (κ3) is 6.30. The third-order valence-electron chi connectivity index (χ3n) is 5.50. The van der Waals surface area contributed by atoms with E-state index in [1.807, 2.05) is 19.1 Å². The lowest BCUT2D eigenvalue weighted by Crippen LogP contribution is -2.21. The van der Waals surface area contributed by atoms with Crippen LogP contribution in [0.5, 0.6) is 0 Å². The Morgan fingerprint density at radius 1 is 0.789 bits per heavy atom. The van der Waals surface area contributed by atoms with Crippen LogP contribution in [0.25, 0.3) is 22.3 Å². The Kier molecular flexibility index (Phi) is 8.14. The summed E-state index contributed by atoms with van der Waals surface area (Å²) in [5, 5.41) is 0. The predicted molar refractivity (Wildman–Crippen MR) is 125 cm³/mol. The molecule has 0 unspecified atom stereocenters. The summed E-state index contributed by atoms with van der Waals surface area (Å²) in [6.07, 6.45) is -9.50. The van der Waals surface area contributed by atoms with Gasteiger partial charge in [0.2, 0.25) is 0 Å². The standard InChI is InChI=1S/C28H19F9O/c1-4-20(14-22(29)16(3)27(33,34)35)38-28(36,37)26-24(31)12-19(13-25(26)32)21-10-9-18(11-23(21)30)17-7-5-15(2)6-8-17/h4-14H,1H2,2-3H3/b20-14+,22-16-. The number of allylic oxidation sites excluding steroid dienone is 4. The van der Waals surface area contributed by atoms with Crippen LogP contribution in [-0.4, -0.2) is 6.18 Å². The fourth-order valence-electron chi connectivity index (χ4n) is 3.38. The van der Waals surface area contributed by atoms with E-state index in [9.17, 15) is 39.5 Å². The van der Waals surface area contributed by atoms with Gasteiger partial charge in [-0.2, -0.15) is 22.0 Å². The SMILES string of the molecule is C=C/C(=C\C(F)=C(/C)C(F)(F)F)OC(F)(F)c1c(F)cc(-c2ccc(-c3ccc(C)cc3)cc2F)cc1F. The van der Waals surface area contributed by atoms with E-state index in [1.54, 1.807) is 12.1 Å². The average molecular weight is 542 g/mol. The molecule has 3 rings (SSSR count). The van der Waals surface area contributed by atoms with E-state index >= 15 is 0 Å². The minimum atomic E-state index is -5.10. The molecule has 0 heterocycles. The Hall–Kier alpha value is -3.95. The van der Waals surface area contributed by atoms with Gasteiger partial charge in [-0.25, -0.2) is 17.6 Å². The van der Waals surface area contributed by atoms with Crippen molar-refractivity contribution in [3.8, 4) is 22.3 Å². The molecule has 1 nitrogen and oxygen atoms in total. The molecule has 0 saturated carbocycles. The Balaban J connectivity index is 1.96. The normalized spacial score (nSPS) is 13.3. The van der Waals surface area contributed by atoms with Crippen LogP contribution >= 0.6 is 0 Å². The second-order valence-electron chi connectivity index (χ2n) is 8.22. The van der Waals surface area contributed by atoms with Crippen molar-refractivity contribution in [2.45, 2.75) is 26.1 Å². The Labute approximate surface area is 212 Å². The molecule has 0 N–H and O–H groups in total. The summed E-state index contributed by atoms with van der Waals surface area (Å²) in [5.41, 5.74) is -2.23. The fraction of sp³-hybridized carbons (Fsp3) is 0.143. The van der Waals surface area contributed by atoms with Crippen molar-refractivity contribution in [3.05, 3.63) is 119 Å². The van der Waals surface area contributed by atoms with Gasteiger partial charge in [0, 0.05) is 11.6 Å². The Morgan fingerprint density at radius 2 is 1.32 bits per heavy atom. The maximum absolute atomic E-state index is 14.8. The van der Waals surface area contributed by atoms with Gasteiger partial charge in [0.15, 0.2) is 0 Å². The summed E-state index contributed by atoms with van der Waals surface area (Å²) in [4.78, 5) is 0. The van der Waals surface area contributed by atoms with Gasteiger partial charge in [0.25, 0.3) is 0 Å². The van der Waals surface area contributed by atoms with Crippen molar-refractivity contribution in [3.63, 3.8) is 0 Å². The maximum atomic E-state index is 14.8. The highest BCUT2D eigenvalue weighted by Crippen LogP contribution is 2.39. The van der Waals surface area contributed by atoms with Gasteiger partial charge in [0.1, 0.15) is 34.6 Å². The summed E-state index contributed by atoms with van der Waals surface area (Å²) in [6.45, 7) is 5.25. The van der Waals surface area contributed by atoms with E-state index in [0.717, 1.165) is 11.6 Å². The van der Waals surface area contributed by atoms with Crippen LogP contribution < -0.4 is 0 Å². The van der Waals surface area contributed by atoms with Crippen molar-refractivity contribution < 1.29 is 44.3 Å². The predicted octanol–water partition coefficient (Wildman–Crippen LogP) is 9.69. The first-order chi connectivity index (χ1) is 17.6. The number of alkyl halides is 5. The lowest BCUT2D eigenvalue weighted by atomic mass is 9.98. The minimum Gasteiger partial charge on any atom is -0.429 e. The summed E-state index contributed by atoms with van der Waals surface area (Å²) in [7, 11) is 0. The molecule has 38 heavy (non-hydrogen) atoms. The number of aryl methyl sites for hydroxylation is 1. The second-order valence-corrected chi connectivity index (χ2v) is 8.22. The Bertz CT molecular complexity index is 1390. The first-order valence-corrected chi connectivity index (χ1v) is 10.8. The highest BCUT2D eigenvalue weighted by Gasteiger charge is 2.42. The lowest BCUT2D eigenvalue weighted by Gasteiger charge is -2.20. The van der Waals surface area contributed by atoms with Crippen LogP contribution in [0.4, 0.5) is 39.5 Å².